The van der Waals surface area contributed by atoms with Gasteiger partial charge in [0.15, 0.2) is 0 Å². The zero-order valence-electron chi connectivity index (χ0n) is 9.67. The average molecular weight is 248 g/mol. The topological polar surface area (TPSA) is 60.9 Å². The van der Waals surface area contributed by atoms with E-state index in [4.69, 9.17) is 5.11 Å². The molecule has 5 nitrogen and oxygen atoms in total. The maximum absolute atomic E-state index is 12.2. The summed E-state index contributed by atoms with van der Waals surface area (Å²) in [6.45, 7) is 1.27. The van der Waals surface area contributed by atoms with Crippen LogP contribution in [0.5, 0.6) is 0 Å². The van der Waals surface area contributed by atoms with Gasteiger partial charge in [-0.25, -0.2) is 0 Å². The summed E-state index contributed by atoms with van der Waals surface area (Å²) in [7, 11) is -1.57. The molecule has 1 N–H and O–H groups in total. The molecule has 0 unspecified atom stereocenters. The van der Waals surface area contributed by atoms with Crippen LogP contribution in [0.1, 0.15) is 25.7 Å². The molecule has 1 heterocycles. The molecule has 2 fully saturated rings. The smallest absolute Gasteiger partial charge is 0.281 e. The van der Waals surface area contributed by atoms with Gasteiger partial charge in [0.05, 0.1) is 0 Å². The molecule has 0 aromatic carbocycles. The van der Waals surface area contributed by atoms with Gasteiger partial charge in [-0.15, -0.1) is 0 Å². The Bertz CT molecular complexity index is 332. The molecule has 1 saturated heterocycles. The summed E-state index contributed by atoms with van der Waals surface area (Å²) in [5, 5.41) is 9.01. The van der Waals surface area contributed by atoms with E-state index in [1.807, 2.05) is 0 Å². The van der Waals surface area contributed by atoms with Gasteiger partial charge in [0.2, 0.25) is 0 Å². The Morgan fingerprint density at radius 2 is 1.81 bits per heavy atom. The maximum atomic E-state index is 12.2. The van der Waals surface area contributed by atoms with E-state index >= 15 is 0 Å². The van der Waals surface area contributed by atoms with Crippen LogP contribution in [-0.4, -0.2) is 54.9 Å². The van der Waals surface area contributed by atoms with Crippen molar-refractivity contribution in [3.8, 4) is 0 Å². The summed E-state index contributed by atoms with van der Waals surface area (Å²) in [6, 6.07) is 0.223. The minimum atomic E-state index is -3.25. The van der Waals surface area contributed by atoms with Gasteiger partial charge in [0, 0.05) is 32.8 Å². The highest BCUT2D eigenvalue weighted by molar-refractivity contribution is 7.86. The first-order chi connectivity index (χ1) is 7.55. The van der Waals surface area contributed by atoms with Gasteiger partial charge in [0.25, 0.3) is 10.2 Å². The molecular formula is C10H20N2O3S. The number of aliphatic hydroxyl groups is 1. The van der Waals surface area contributed by atoms with E-state index < -0.39 is 10.2 Å². The molecule has 1 aliphatic carbocycles. The highest BCUT2D eigenvalue weighted by Gasteiger charge is 2.38. The summed E-state index contributed by atoms with van der Waals surface area (Å²) in [4.78, 5) is 0. The summed E-state index contributed by atoms with van der Waals surface area (Å²) in [5.74, 6) is 0.276. The lowest BCUT2D eigenvalue weighted by Gasteiger charge is -2.33. The molecule has 1 saturated carbocycles. The number of nitrogens with zero attached hydrogens (tertiary/aromatic N) is 2. The average Bonchev–Trinajstić information content (AvgIpc) is 3.12. The van der Waals surface area contributed by atoms with Crippen molar-refractivity contribution in [2.24, 2.45) is 5.92 Å². The van der Waals surface area contributed by atoms with Crippen LogP contribution in [0.25, 0.3) is 0 Å². The molecule has 1 aliphatic heterocycles. The second-order valence-corrected chi connectivity index (χ2v) is 6.77. The molecule has 0 spiro atoms. The summed E-state index contributed by atoms with van der Waals surface area (Å²) in [5.41, 5.74) is 0. The Kier molecular flexibility index (Phi) is 3.53. The van der Waals surface area contributed by atoms with Gasteiger partial charge < -0.3 is 5.11 Å². The predicted molar refractivity (Wildman–Crippen MR) is 61.1 cm³/mol. The minimum Gasteiger partial charge on any atom is -0.396 e. The normalized spacial score (nSPS) is 25.2. The lowest BCUT2D eigenvalue weighted by atomic mass is 10.00. The summed E-state index contributed by atoms with van der Waals surface area (Å²) < 4.78 is 27.4. The van der Waals surface area contributed by atoms with Crippen LogP contribution in [0.2, 0.25) is 0 Å². The van der Waals surface area contributed by atoms with Crippen LogP contribution >= 0.6 is 0 Å². The Balaban J connectivity index is 1.96. The fraction of sp³-hybridized carbons (Fsp3) is 1.00. The quantitative estimate of drug-likeness (QED) is 0.763. The largest absolute Gasteiger partial charge is 0.396 e. The maximum Gasteiger partial charge on any atom is 0.281 e. The van der Waals surface area contributed by atoms with Gasteiger partial charge in [-0.05, 0) is 31.6 Å². The monoisotopic (exact) mass is 248 g/mol. The van der Waals surface area contributed by atoms with Gasteiger partial charge >= 0.3 is 0 Å². The lowest BCUT2D eigenvalue weighted by Crippen LogP contribution is -2.46. The van der Waals surface area contributed by atoms with Crippen molar-refractivity contribution in [2.45, 2.75) is 31.7 Å². The van der Waals surface area contributed by atoms with Crippen molar-refractivity contribution in [1.29, 1.82) is 0 Å². The molecule has 2 aliphatic rings. The van der Waals surface area contributed by atoms with Crippen molar-refractivity contribution in [3.05, 3.63) is 0 Å². The number of hydrogen-bond donors (Lipinski definition) is 1. The number of rotatable bonds is 4. The molecule has 0 atom stereocenters. The van der Waals surface area contributed by atoms with Crippen molar-refractivity contribution in [1.82, 2.24) is 8.61 Å². The number of hydrogen-bond acceptors (Lipinski definition) is 3. The van der Waals surface area contributed by atoms with E-state index in [1.165, 1.54) is 4.31 Å². The van der Waals surface area contributed by atoms with Crippen molar-refractivity contribution < 1.29 is 13.5 Å². The first kappa shape index (κ1) is 12.3. The number of aliphatic hydroxyl groups excluding tert-OH is 1. The third kappa shape index (κ3) is 2.40. The standard InChI is InChI=1S/C10H20N2O3S/c1-11(10-2-3-10)16(14,15)12-6-4-9(8-13)5-7-12/h9-10,13H,2-8H2,1H3. The van der Waals surface area contributed by atoms with Gasteiger partial charge in [-0.1, -0.05) is 0 Å². The van der Waals surface area contributed by atoms with Crippen molar-refractivity contribution >= 4 is 10.2 Å². The Labute approximate surface area is 97.2 Å². The lowest BCUT2D eigenvalue weighted by molar-refractivity contribution is 0.166. The van der Waals surface area contributed by atoms with Gasteiger partial charge in [-0.2, -0.15) is 17.0 Å². The van der Waals surface area contributed by atoms with E-state index in [9.17, 15) is 8.42 Å². The zero-order chi connectivity index (χ0) is 11.8. The van der Waals surface area contributed by atoms with E-state index in [0.29, 0.717) is 13.1 Å². The first-order valence-electron chi connectivity index (χ1n) is 5.89. The second kappa shape index (κ2) is 4.60. The van der Waals surface area contributed by atoms with E-state index in [0.717, 1.165) is 25.7 Å². The Morgan fingerprint density at radius 3 is 2.25 bits per heavy atom. The fourth-order valence-electron chi connectivity index (χ4n) is 2.13. The summed E-state index contributed by atoms with van der Waals surface area (Å²) >= 11 is 0. The Hall–Kier alpha value is -0.170. The fourth-order valence-corrected chi connectivity index (χ4v) is 3.76. The van der Waals surface area contributed by atoms with Gasteiger partial charge in [-0.3, -0.25) is 0 Å². The molecule has 94 valence electrons. The molecule has 0 amide bonds. The second-order valence-electron chi connectivity index (χ2n) is 4.78. The van der Waals surface area contributed by atoms with E-state index in [2.05, 4.69) is 0 Å². The highest BCUT2D eigenvalue weighted by atomic mass is 32.2. The Morgan fingerprint density at radius 1 is 1.25 bits per heavy atom. The van der Waals surface area contributed by atoms with Crippen LogP contribution in [0.15, 0.2) is 0 Å². The van der Waals surface area contributed by atoms with E-state index in [1.54, 1.807) is 11.4 Å². The molecule has 0 aromatic heterocycles. The zero-order valence-corrected chi connectivity index (χ0v) is 10.5. The molecule has 16 heavy (non-hydrogen) atoms. The van der Waals surface area contributed by atoms with Crippen LogP contribution in [0.4, 0.5) is 0 Å². The minimum absolute atomic E-state index is 0.173. The molecule has 2 rings (SSSR count). The third-order valence-electron chi connectivity index (χ3n) is 3.58. The van der Waals surface area contributed by atoms with Crippen LogP contribution in [0, 0.1) is 5.92 Å². The molecule has 0 radical (unpaired) electrons. The summed E-state index contributed by atoms with van der Waals surface area (Å²) in [6.07, 6.45) is 3.52. The van der Waals surface area contributed by atoms with Crippen LogP contribution in [0.3, 0.4) is 0 Å². The molecular weight excluding hydrogens is 228 g/mol. The molecule has 0 aromatic rings. The number of piperidine rings is 1. The van der Waals surface area contributed by atoms with Crippen LogP contribution in [-0.2, 0) is 10.2 Å². The van der Waals surface area contributed by atoms with Gasteiger partial charge in [0.1, 0.15) is 0 Å². The highest BCUT2D eigenvalue weighted by Crippen LogP contribution is 2.30. The SMILES string of the molecule is CN(C1CC1)S(=O)(=O)N1CCC(CO)CC1. The van der Waals surface area contributed by atoms with Crippen molar-refractivity contribution in [2.75, 3.05) is 26.7 Å². The van der Waals surface area contributed by atoms with Crippen LogP contribution < -0.4 is 0 Å². The molecule has 0 bridgehead atoms. The van der Waals surface area contributed by atoms with E-state index in [-0.39, 0.29) is 18.6 Å². The molecule has 6 heteroatoms. The first-order valence-corrected chi connectivity index (χ1v) is 7.29. The van der Waals surface area contributed by atoms with Crippen molar-refractivity contribution in [3.63, 3.8) is 0 Å². The third-order valence-corrected chi connectivity index (χ3v) is 5.63. The predicted octanol–water partition coefficient (Wildman–Crippen LogP) is 0.0297.